The van der Waals surface area contributed by atoms with Crippen LogP contribution in [0.3, 0.4) is 0 Å². The second-order valence-electron chi connectivity index (χ2n) is 3.91. The molecule has 0 heterocycles. The third-order valence-electron chi connectivity index (χ3n) is 2.69. The molecule has 2 aromatic rings. The summed E-state index contributed by atoms with van der Waals surface area (Å²) in [5.41, 5.74) is 3.15. The highest BCUT2D eigenvalue weighted by Crippen LogP contribution is 2.33. The Morgan fingerprint density at radius 2 is 1.95 bits per heavy atom. The highest BCUT2D eigenvalue weighted by Gasteiger charge is 2.11. The highest BCUT2D eigenvalue weighted by atomic mass is 35.5. The molecule has 3 heteroatoms. The molecule has 19 heavy (non-hydrogen) atoms. The number of ether oxygens (including phenoxy) is 1. The maximum absolute atomic E-state index is 7.26. The quantitative estimate of drug-likeness (QED) is 0.569. The van der Waals surface area contributed by atoms with E-state index in [0.29, 0.717) is 10.7 Å². The van der Waals surface area contributed by atoms with Crippen molar-refractivity contribution in [1.82, 2.24) is 0 Å². The van der Waals surface area contributed by atoms with Crippen LogP contribution in [0.5, 0.6) is 0 Å². The fourth-order valence-electron chi connectivity index (χ4n) is 1.84. The standard InChI is InChI=1S/C16H12ClNO/c1-18-16-9-8-13(17)10-14(16)15(11-19-2)12-6-4-3-5-7-12/h3-11H,2H3/b15-11+. The zero-order valence-electron chi connectivity index (χ0n) is 10.4. The summed E-state index contributed by atoms with van der Waals surface area (Å²) in [6, 6.07) is 15.0. The van der Waals surface area contributed by atoms with Gasteiger partial charge in [-0.1, -0.05) is 54.1 Å². The van der Waals surface area contributed by atoms with Crippen LogP contribution in [-0.2, 0) is 4.74 Å². The van der Waals surface area contributed by atoms with E-state index in [9.17, 15) is 0 Å². The average molecular weight is 270 g/mol. The zero-order valence-corrected chi connectivity index (χ0v) is 11.2. The molecule has 0 saturated carbocycles. The Morgan fingerprint density at radius 3 is 2.58 bits per heavy atom. The van der Waals surface area contributed by atoms with Gasteiger partial charge in [-0.2, -0.15) is 0 Å². The minimum Gasteiger partial charge on any atom is -0.504 e. The Kier molecular flexibility index (Phi) is 4.22. The molecule has 0 atom stereocenters. The largest absolute Gasteiger partial charge is 0.504 e. The van der Waals surface area contributed by atoms with E-state index in [-0.39, 0.29) is 0 Å². The molecule has 2 rings (SSSR count). The number of nitrogens with zero attached hydrogens (tertiary/aromatic N) is 1. The summed E-state index contributed by atoms with van der Waals surface area (Å²) in [5.74, 6) is 0. The number of benzene rings is 2. The van der Waals surface area contributed by atoms with Crippen molar-refractivity contribution in [2.75, 3.05) is 7.11 Å². The number of hydrogen-bond donors (Lipinski definition) is 0. The van der Waals surface area contributed by atoms with Crippen molar-refractivity contribution in [3.05, 3.63) is 82.4 Å². The van der Waals surface area contributed by atoms with Gasteiger partial charge in [-0.05, 0) is 17.2 Å². The molecular weight excluding hydrogens is 258 g/mol. The van der Waals surface area contributed by atoms with Crippen molar-refractivity contribution in [2.45, 2.75) is 0 Å². The van der Waals surface area contributed by atoms with Gasteiger partial charge < -0.3 is 4.74 Å². The van der Waals surface area contributed by atoms with Gasteiger partial charge in [0.1, 0.15) is 0 Å². The average Bonchev–Trinajstić information content (AvgIpc) is 2.45. The molecule has 2 nitrogen and oxygen atoms in total. The second kappa shape index (κ2) is 6.08. The summed E-state index contributed by atoms with van der Waals surface area (Å²) < 4.78 is 5.14. The lowest BCUT2D eigenvalue weighted by atomic mass is 9.98. The van der Waals surface area contributed by atoms with Crippen molar-refractivity contribution >= 4 is 22.9 Å². The lowest BCUT2D eigenvalue weighted by molar-refractivity contribution is 0.340. The molecule has 94 valence electrons. The second-order valence-corrected chi connectivity index (χ2v) is 4.34. The molecule has 0 aliphatic heterocycles. The van der Waals surface area contributed by atoms with Gasteiger partial charge in [0.05, 0.1) is 19.9 Å². The molecule has 0 bridgehead atoms. The van der Waals surface area contributed by atoms with Crippen LogP contribution in [0.2, 0.25) is 5.02 Å². The molecule has 0 aromatic heterocycles. The minimum absolute atomic E-state index is 0.552. The van der Waals surface area contributed by atoms with Crippen molar-refractivity contribution in [3.8, 4) is 0 Å². The molecule has 0 aliphatic carbocycles. The summed E-state index contributed by atoms with van der Waals surface area (Å²) in [7, 11) is 1.59. The maximum Gasteiger partial charge on any atom is 0.195 e. The lowest BCUT2D eigenvalue weighted by Crippen LogP contribution is -1.89. The van der Waals surface area contributed by atoms with E-state index >= 15 is 0 Å². The molecule has 0 spiro atoms. The van der Waals surface area contributed by atoms with Gasteiger partial charge in [0.15, 0.2) is 5.69 Å². The number of rotatable bonds is 3. The van der Waals surface area contributed by atoms with Crippen LogP contribution in [0.15, 0.2) is 54.8 Å². The first-order valence-electron chi connectivity index (χ1n) is 5.72. The van der Waals surface area contributed by atoms with Gasteiger partial charge in [-0.25, -0.2) is 4.85 Å². The van der Waals surface area contributed by atoms with Crippen molar-refractivity contribution < 1.29 is 4.74 Å². The van der Waals surface area contributed by atoms with Gasteiger partial charge in [-0.15, -0.1) is 0 Å². The Labute approximate surface area is 117 Å². The van der Waals surface area contributed by atoms with Gasteiger partial charge in [0.25, 0.3) is 0 Å². The lowest BCUT2D eigenvalue weighted by Gasteiger charge is -2.10. The fourth-order valence-corrected chi connectivity index (χ4v) is 2.02. The molecular formula is C16H12ClNO. The van der Waals surface area contributed by atoms with E-state index in [1.165, 1.54) is 0 Å². The Balaban J connectivity index is 2.62. The van der Waals surface area contributed by atoms with Crippen LogP contribution in [-0.4, -0.2) is 7.11 Å². The van der Waals surface area contributed by atoms with E-state index in [1.807, 2.05) is 30.3 Å². The Hall–Kier alpha value is -2.24. The molecule has 0 aliphatic rings. The van der Waals surface area contributed by atoms with Crippen LogP contribution in [0.4, 0.5) is 5.69 Å². The third-order valence-corrected chi connectivity index (χ3v) is 2.92. The van der Waals surface area contributed by atoms with E-state index in [4.69, 9.17) is 22.9 Å². The van der Waals surface area contributed by atoms with Crippen LogP contribution in [0.25, 0.3) is 10.4 Å². The van der Waals surface area contributed by atoms with Crippen molar-refractivity contribution in [1.29, 1.82) is 0 Å². The summed E-state index contributed by atoms with van der Waals surface area (Å²) in [6.45, 7) is 7.26. The third kappa shape index (κ3) is 2.96. The molecule has 0 N–H and O–H groups in total. The van der Waals surface area contributed by atoms with E-state index in [2.05, 4.69) is 4.85 Å². The smallest absolute Gasteiger partial charge is 0.195 e. The summed E-state index contributed by atoms with van der Waals surface area (Å²) >= 11 is 6.03. The van der Waals surface area contributed by atoms with Crippen LogP contribution >= 0.6 is 11.6 Å². The van der Waals surface area contributed by atoms with Crippen LogP contribution < -0.4 is 0 Å². The maximum atomic E-state index is 7.26. The van der Waals surface area contributed by atoms with Crippen LogP contribution in [0, 0.1) is 6.57 Å². The topological polar surface area (TPSA) is 13.6 Å². The van der Waals surface area contributed by atoms with Gasteiger partial charge in [0, 0.05) is 10.6 Å². The molecule has 0 radical (unpaired) electrons. The first-order chi connectivity index (χ1) is 9.26. The molecule has 2 aromatic carbocycles. The van der Waals surface area contributed by atoms with Crippen molar-refractivity contribution in [3.63, 3.8) is 0 Å². The summed E-state index contributed by atoms with van der Waals surface area (Å²) in [5, 5.41) is 0.598. The van der Waals surface area contributed by atoms with Crippen LogP contribution in [0.1, 0.15) is 11.1 Å². The first kappa shape index (κ1) is 13.2. The van der Waals surface area contributed by atoms with Gasteiger partial charge in [0.2, 0.25) is 0 Å². The summed E-state index contributed by atoms with van der Waals surface area (Å²) in [4.78, 5) is 3.54. The number of halogens is 1. The zero-order chi connectivity index (χ0) is 13.7. The number of methoxy groups -OCH3 is 1. The normalized spacial score (nSPS) is 10.9. The van der Waals surface area contributed by atoms with E-state index < -0.39 is 0 Å². The monoisotopic (exact) mass is 269 g/mol. The van der Waals surface area contributed by atoms with Gasteiger partial charge >= 0.3 is 0 Å². The first-order valence-corrected chi connectivity index (χ1v) is 6.10. The van der Waals surface area contributed by atoms with Gasteiger partial charge in [-0.3, -0.25) is 0 Å². The Bertz CT molecular complexity index is 642. The predicted molar refractivity (Wildman–Crippen MR) is 78.2 cm³/mol. The predicted octanol–water partition coefficient (Wildman–Crippen LogP) is 4.93. The van der Waals surface area contributed by atoms with E-state index in [0.717, 1.165) is 16.7 Å². The van der Waals surface area contributed by atoms with Crippen molar-refractivity contribution in [2.24, 2.45) is 0 Å². The SMILES string of the molecule is [C-]#[N+]c1ccc(Cl)cc1/C(=C/OC)c1ccccc1. The fraction of sp³-hybridized carbons (Fsp3) is 0.0625. The molecule has 0 saturated heterocycles. The molecule has 0 fully saturated rings. The molecule has 0 amide bonds. The minimum atomic E-state index is 0.552. The number of hydrogen-bond acceptors (Lipinski definition) is 1. The summed E-state index contributed by atoms with van der Waals surface area (Å²) in [6.07, 6.45) is 1.63. The van der Waals surface area contributed by atoms with E-state index in [1.54, 1.807) is 31.6 Å². The molecule has 0 unspecified atom stereocenters. The highest BCUT2D eigenvalue weighted by molar-refractivity contribution is 6.31. The Morgan fingerprint density at radius 1 is 1.21 bits per heavy atom.